The Morgan fingerprint density at radius 3 is 2.88 bits per heavy atom. The standard InChI is InChI=1S/C17H22ClN3O4/c1-20(10-12-4-3-5-13(18)8-12)15(22)11-21-7-6-19-17(24)14(21)9-16(23)25-2/h3-5,8,14H,6-7,9-11H2,1-2H3,(H,19,24). The predicted octanol–water partition coefficient (Wildman–Crippen LogP) is 0.662. The van der Waals surface area contributed by atoms with Crippen molar-refractivity contribution in [3.05, 3.63) is 34.9 Å². The number of methoxy groups -OCH3 is 1. The molecule has 1 unspecified atom stereocenters. The van der Waals surface area contributed by atoms with Crippen molar-refractivity contribution < 1.29 is 19.1 Å². The van der Waals surface area contributed by atoms with E-state index in [2.05, 4.69) is 10.1 Å². The number of ether oxygens (including phenoxy) is 1. The third-order valence-electron chi connectivity index (χ3n) is 4.10. The topological polar surface area (TPSA) is 79.0 Å². The van der Waals surface area contributed by atoms with E-state index in [0.29, 0.717) is 24.7 Å². The second kappa shape index (κ2) is 8.82. The minimum Gasteiger partial charge on any atom is -0.469 e. The van der Waals surface area contributed by atoms with Crippen molar-refractivity contribution in [2.24, 2.45) is 0 Å². The number of piperazine rings is 1. The van der Waals surface area contributed by atoms with Gasteiger partial charge in [-0.2, -0.15) is 0 Å². The summed E-state index contributed by atoms with van der Waals surface area (Å²) in [6, 6.07) is 6.61. The molecular weight excluding hydrogens is 346 g/mol. The van der Waals surface area contributed by atoms with Crippen molar-refractivity contribution in [3.63, 3.8) is 0 Å². The molecule has 8 heteroatoms. The molecule has 2 amide bonds. The lowest BCUT2D eigenvalue weighted by molar-refractivity contribution is -0.147. The summed E-state index contributed by atoms with van der Waals surface area (Å²) in [5, 5.41) is 3.33. The molecule has 0 spiro atoms. The highest BCUT2D eigenvalue weighted by Gasteiger charge is 2.33. The first-order chi connectivity index (χ1) is 11.9. The van der Waals surface area contributed by atoms with E-state index in [1.54, 1.807) is 29.0 Å². The first kappa shape index (κ1) is 19.2. The highest BCUT2D eigenvalue weighted by Crippen LogP contribution is 2.14. The smallest absolute Gasteiger partial charge is 0.307 e. The largest absolute Gasteiger partial charge is 0.469 e. The van der Waals surface area contributed by atoms with Gasteiger partial charge in [-0.15, -0.1) is 0 Å². The van der Waals surface area contributed by atoms with Gasteiger partial charge in [-0.1, -0.05) is 23.7 Å². The number of rotatable bonds is 6. The van der Waals surface area contributed by atoms with Crippen LogP contribution < -0.4 is 5.32 Å². The Labute approximate surface area is 151 Å². The molecule has 0 aromatic heterocycles. The lowest BCUT2D eigenvalue weighted by atomic mass is 10.1. The van der Waals surface area contributed by atoms with Gasteiger partial charge in [0.05, 0.1) is 20.1 Å². The monoisotopic (exact) mass is 367 g/mol. The van der Waals surface area contributed by atoms with E-state index in [1.807, 2.05) is 12.1 Å². The van der Waals surface area contributed by atoms with E-state index in [0.717, 1.165) is 5.56 Å². The number of carbonyl (C=O) groups is 3. The Kier molecular flexibility index (Phi) is 6.78. The van der Waals surface area contributed by atoms with Crippen LogP contribution in [0.25, 0.3) is 0 Å². The molecular formula is C17H22ClN3O4. The minimum absolute atomic E-state index is 0.0617. The Bertz CT molecular complexity index is 653. The molecule has 1 aromatic carbocycles. The summed E-state index contributed by atoms with van der Waals surface area (Å²) in [5.74, 6) is -0.877. The second-order valence-electron chi connectivity index (χ2n) is 5.94. The molecule has 1 heterocycles. The van der Waals surface area contributed by atoms with Gasteiger partial charge >= 0.3 is 5.97 Å². The summed E-state index contributed by atoms with van der Waals surface area (Å²) in [5.41, 5.74) is 0.922. The second-order valence-corrected chi connectivity index (χ2v) is 6.37. The maximum atomic E-state index is 12.5. The molecule has 1 fully saturated rings. The minimum atomic E-state index is -0.690. The van der Waals surface area contributed by atoms with Crippen LogP contribution in [0.3, 0.4) is 0 Å². The SMILES string of the molecule is COC(=O)CC1C(=O)NCCN1CC(=O)N(C)Cc1cccc(Cl)c1. The number of benzene rings is 1. The fourth-order valence-corrected chi connectivity index (χ4v) is 2.92. The maximum Gasteiger partial charge on any atom is 0.307 e. The first-order valence-electron chi connectivity index (χ1n) is 7.97. The summed E-state index contributed by atoms with van der Waals surface area (Å²) in [6.45, 7) is 1.43. The lowest BCUT2D eigenvalue weighted by Gasteiger charge is -2.34. The molecule has 0 bridgehead atoms. The molecule has 1 aliphatic heterocycles. The van der Waals surface area contributed by atoms with Crippen LogP contribution in [0.15, 0.2) is 24.3 Å². The third kappa shape index (κ3) is 5.44. The molecule has 0 saturated carbocycles. The van der Waals surface area contributed by atoms with Crippen molar-refractivity contribution in [3.8, 4) is 0 Å². The zero-order valence-electron chi connectivity index (χ0n) is 14.3. The molecule has 1 N–H and O–H groups in total. The van der Waals surface area contributed by atoms with Crippen molar-refractivity contribution in [1.82, 2.24) is 15.1 Å². The van der Waals surface area contributed by atoms with Gasteiger partial charge in [0.25, 0.3) is 0 Å². The van der Waals surface area contributed by atoms with E-state index in [4.69, 9.17) is 11.6 Å². The third-order valence-corrected chi connectivity index (χ3v) is 4.34. The maximum absolute atomic E-state index is 12.5. The predicted molar refractivity (Wildman–Crippen MR) is 92.9 cm³/mol. The van der Waals surface area contributed by atoms with Gasteiger partial charge in [-0.05, 0) is 17.7 Å². The first-order valence-corrected chi connectivity index (χ1v) is 8.35. The highest BCUT2D eigenvalue weighted by atomic mass is 35.5. The molecule has 1 saturated heterocycles. The zero-order valence-corrected chi connectivity index (χ0v) is 15.1. The van der Waals surface area contributed by atoms with Gasteiger partial charge in [0.1, 0.15) is 6.04 Å². The molecule has 1 atom stereocenters. The van der Waals surface area contributed by atoms with Crippen molar-refractivity contribution in [2.75, 3.05) is 33.8 Å². The normalized spacial score (nSPS) is 17.7. The van der Waals surface area contributed by atoms with Gasteiger partial charge in [0.15, 0.2) is 0 Å². The van der Waals surface area contributed by atoms with Gasteiger partial charge < -0.3 is 15.0 Å². The summed E-state index contributed by atoms with van der Waals surface area (Å²) in [7, 11) is 2.97. The summed E-state index contributed by atoms with van der Waals surface area (Å²) >= 11 is 5.96. The number of likely N-dealkylation sites (N-methyl/N-ethyl adjacent to an activating group) is 1. The van der Waals surface area contributed by atoms with Gasteiger partial charge in [0, 0.05) is 31.7 Å². The molecule has 1 aromatic rings. The molecule has 1 aliphatic rings. The van der Waals surface area contributed by atoms with Crippen LogP contribution in [-0.2, 0) is 25.7 Å². The molecule has 2 rings (SSSR count). The Morgan fingerprint density at radius 1 is 1.44 bits per heavy atom. The van der Waals surface area contributed by atoms with Crippen molar-refractivity contribution >= 4 is 29.4 Å². The van der Waals surface area contributed by atoms with Gasteiger partial charge in [0.2, 0.25) is 11.8 Å². The van der Waals surface area contributed by atoms with E-state index in [1.165, 1.54) is 7.11 Å². The van der Waals surface area contributed by atoms with Crippen molar-refractivity contribution in [1.29, 1.82) is 0 Å². The molecule has 0 aliphatic carbocycles. The average Bonchev–Trinajstić information content (AvgIpc) is 2.57. The quantitative estimate of drug-likeness (QED) is 0.747. The summed E-state index contributed by atoms with van der Waals surface area (Å²) in [6.07, 6.45) is -0.0758. The number of carbonyl (C=O) groups excluding carboxylic acids is 3. The Balaban J connectivity index is 1.98. The fraction of sp³-hybridized carbons (Fsp3) is 0.471. The Morgan fingerprint density at radius 2 is 2.20 bits per heavy atom. The van der Waals surface area contributed by atoms with E-state index >= 15 is 0 Å². The molecule has 136 valence electrons. The Hall–Kier alpha value is -2.12. The van der Waals surface area contributed by atoms with Crippen LogP contribution >= 0.6 is 11.6 Å². The van der Waals surface area contributed by atoms with E-state index in [-0.39, 0.29) is 24.8 Å². The molecule has 7 nitrogen and oxygen atoms in total. The summed E-state index contributed by atoms with van der Waals surface area (Å²) in [4.78, 5) is 39.4. The number of hydrogen-bond donors (Lipinski definition) is 1. The van der Waals surface area contributed by atoms with Crippen LogP contribution in [0.5, 0.6) is 0 Å². The van der Waals surface area contributed by atoms with Crippen LogP contribution in [0.2, 0.25) is 5.02 Å². The zero-order chi connectivity index (χ0) is 18.4. The number of halogens is 1. The van der Waals surface area contributed by atoms with Crippen LogP contribution in [0, 0.1) is 0 Å². The number of nitrogens with zero attached hydrogens (tertiary/aromatic N) is 2. The van der Waals surface area contributed by atoms with Gasteiger partial charge in [-0.3, -0.25) is 19.3 Å². The summed E-state index contributed by atoms with van der Waals surface area (Å²) < 4.78 is 4.64. The van der Waals surface area contributed by atoms with E-state index < -0.39 is 12.0 Å². The van der Waals surface area contributed by atoms with Crippen LogP contribution in [0.1, 0.15) is 12.0 Å². The van der Waals surface area contributed by atoms with E-state index in [9.17, 15) is 14.4 Å². The molecule has 0 radical (unpaired) electrons. The van der Waals surface area contributed by atoms with Crippen LogP contribution in [0.4, 0.5) is 0 Å². The average molecular weight is 368 g/mol. The lowest BCUT2D eigenvalue weighted by Crippen LogP contribution is -2.58. The number of hydrogen-bond acceptors (Lipinski definition) is 5. The number of esters is 1. The fourth-order valence-electron chi connectivity index (χ4n) is 2.71. The number of amides is 2. The number of nitrogens with one attached hydrogen (secondary N) is 1. The molecule has 25 heavy (non-hydrogen) atoms. The van der Waals surface area contributed by atoms with Gasteiger partial charge in [-0.25, -0.2) is 0 Å². The highest BCUT2D eigenvalue weighted by molar-refractivity contribution is 6.30. The van der Waals surface area contributed by atoms with Crippen molar-refractivity contribution in [2.45, 2.75) is 19.0 Å². The van der Waals surface area contributed by atoms with Crippen LogP contribution in [-0.4, -0.2) is 67.4 Å².